The third-order valence-electron chi connectivity index (χ3n) is 2.05. The summed E-state index contributed by atoms with van der Waals surface area (Å²) in [5, 5.41) is 27.5. The van der Waals surface area contributed by atoms with E-state index < -0.39 is 4.92 Å². The van der Waals surface area contributed by atoms with Crippen LogP contribution in [0.1, 0.15) is 10.7 Å². The topological polar surface area (TPSA) is 100 Å². The fourth-order valence-corrected chi connectivity index (χ4v) is 2.73. The standard InChI is InChI=1S/C10H16N4O3S2/c1-11-9(4-14(16)17)12-2-3-18-6-8-7-19-10(5-15)13-8/h4,7,11-12,15H,2-3,5-6H2,1H3/b9-4+. The monoisotopic (exact) mass is 304 g/mol. The van der Waals surface area contributed by atoms with Gasteiger partial charge >= 0.3 is 0 Å². The molecule has 0 aromatic carbocycles. The van der Waals surface area contributed by atoms with E-state index >= 15 is 0 Å². The average Bonchev–Trinajstić information content (AvgIpc) is 2.84. The van der Waals surface area contributed by atoms with Gasteiger partial charge in [0.1, 0.15) is 5.01 Å². The third-order valence-corrected chi connectivity index (χ3v) is 3.93. The molecule has 0 aliphatic rings. The maximum absolute atomic E-state index is 10.3. The second kappa shape index (κ2) is 8.73. The minimum Gasteiger partial charge on any atom is -0.389 e. The van der Waals surface area contributed by atoms with Gasteiger partial charge in [-0.1, -0.05) is 0 Å². The minimum atomic E-state index is -0.502. The van der Waals surface area contributed by atoms with Crippen LogP contribution in [-0.2, 0) is 12.4 Å². The van der Waals surface area contributed by atoms with E-state index in [4.69, 9.17) is 5.11 Å². The van der Waals surface area contributed by atoms with E-state index in [1.54, 1.807) is 18.8 Å². The van der Waals surface area contributed by atoms with Gasteiger partial charge in [0.15, 0.2) is 5.82 Å². The predicted molar refractivity (Wildman–Crippen MR) is 76.3 cm³/mol. The zero-order valence-corrected chi connectivity index (χ0v) is 12.1. The Labute approximate surface area is 119 Å². The van der Waals surface area contributed by atoms with Crippen LogP contribution in [-0.4, -0.2) is 34.4 Å². The van der Waals surface area contributed by atoms with Gasteiger partial charge in [-0.2, -0.15) is 11.8 Å². The van der Waals surface area contributed by atoms with E-state index in [0.717, 1.165) is 28.4 Å². The molecule has 1 rings (SSSR count). The highest BCUT2D eigenvalue weighted by Gasteiger charge is 2.02. The zero-order valence-electron chi connectivity index (χ0n) is 10.5. The first-order valence-corrected chi connectivity index (χ1v) is 7.58. The molecule has 1 aromatic rings. The van der Waals surface area contributed by atoms with Gasteiger partial charge in [0.25, 0.3) is 6.20 Å². The molecule has 1 heterocycles. The Kier molecular flexibility index (Phi) is 7.23. The molecule has 0 bridgehead atoms. The van der Waals surface area contributed by atoms with Crippen LogP contribution in [0.25, 0.3) is 0 Å². The average molecular weight is 304 g/mol. The molecule has 0 amide bonds. The lowest BCUT2D eigenvalue weighted by atomic mass is 10.6. The van der Waals surface area contributed by atoms with E-state index in [0.29, 0.717) is 12.4 Å². The van der Waals surface area contributed by atoms with Crippen LogP contribution in [0.3, 0.4) is 0 Å². The number of aliphatic hydroxyl groups is 1. The number of rotatable bonds is 9. The highest BCUT2D eigenvalue weighted by Crippen LogP contribution is 2.15. The van der Waals surface area contributed by atoms with Crippen LogP contribution < -0.4 is 10.6 Å². The van der Waals surface area contributed by atoms with Crippen molar-refractivity contribution >= 4 is 23.1 Å². The third kappa shape index (κ3) is 6.41. The Morgan fingerprint density at radius 2 is 2.53 bits per heavy atom. The molecule has 0 atom stereocenters. The highest BCUT2D eigenvalue weighted by atomic mass is 32.2. The van der Waals surface area contributed by atoms with Crippen molar-refractivity contribution in [3.8, 4) is 0 Å². The second-order valence-electron chi connectivity index (χ2n) is 3.45. The number of hydrogen-bond acceptors (Lipinski definition) is 8. The van der Waals surface area contributed by atoms with E-state index in [-0.39, 0.29) is 6.61 Å². The summed E-state index contributed by atoms with van der Waals surface area (Å²) in [6.45, 7) is 0.607. The van der Waals surface area contributed by atoms with E-state index in [9.17, 15) is 10.1 Å². The largest absolute Gasteiger partial charge is 0.389 e. The highest BCUT2D eigenvalue weighted by molar-refractivity contribution is 7.98. The minimum absolute atomic E-state index is 0.0197. The fourth-order valence-electron chi connectivity index (χ4n) is 1.23. The molecule has 0 spiro atoms. The zero-order chi connectivity index (χ0) is 14.1. The summed E-state index contributed by atoms with van der Waals surface area (Å²) in [5.74, 6) is 1.97. The molecule has 1 aromatic heterocycles. The second-order valence-corrected chi connectivity index (χ2v) is 5.50. The lowest BCUT2D eigenvalue weighted by Crippen LogP contribution is -2.26. The van der Waals surface area contributed by atoms with Crippen LogP contribution in [0.15, 0.2) is 17.4 Å². The SMILES string of the molecule is CN/C(=C\[N+](=O)[O-])NCCSCc1csc(CO)n1. The summed E-state index contributed by atoms with van der Waals surface area (Å²) in [6.07, 6.45) is 0.901. The quantitative estimate of drug-likeness (QED) is 0.352. The lowest BCUT2D eigenvalue weighted by molar-refractivity contribution is -0.404. The lowest BCUT2D eigenvalue weighted by Gasteiger charge is -2.06. The van der Waals surface area contributed by atoms with Crippen LogP contribution in [0, 0.1) is 10.1 Å². The van der Waals surface area contributed by atoms with Gasteiger partial charge in [0.05, 0.1) is 17.2 Å². The van der Waals surface area contributed by atoms with Crippen LogP contribution in [0.4, 0.5) is 0 Å². The van der Waals surface area contributed by atoms with Gasteiger partial charge in [0, 0.05) is 30.5 Å². The maximum atomic E-state index is 10.3. The van der Waals surface area contributed by atoms with Gasteiger partial charge in [-0.25, -0.2) is 4.98 Å². The summed E-state index contributed by atoms with van der Waals surface area (Å²) in [4.78, 5) is 14.0. The van der Waals surface area contributed by atoms with Gasteiger partial charge in [-0.3, -0.25) is 10.1 Å². The van der Waals surface area contributed by atoms with Crippen molar-refractivity contribution in [1.82, 2.24) is 15.6 Å². The maximum Gasteiger partial charge on any atom is 0.274 e. The summed E-state index contributed by atoms with van der Waals surface area (Å²) >= 11 is 3.12. The Morgan fingerprint density at radius 3 is 3.11 bits per heavy atom. The molecule has 0 aliphatic carbocycles. The summed E-state index contributed by atoms with van der Waals surface area (Å²) in [5.41, 5.74) is 0.953. The smallest absolute Gasteiger partial charge is 0.274 e. The van der Waals surface area contributed by atoms with Gasteiger partial charge in [-0.15, -0.1) is 11.3 Å². The van der Waals surface area contributed by atoms with Crippen molar-refractivity contribution in [2.45, 2.75) is 12.4 Å². The molecule has 19 heavy (non-hydrogen) atoms. The number of hydrogen-bond donors (Lipinski definition) is 3. The van der Waals surface area contributed by atoms with Crippen LogP contribution in [0.5, 0.6) is 0 Å². The Morgan fingerprint density at radius 1 is 1.74 bits per heavy atom. The molecular formula is C10H16N4O3S2. The molecule has 3 N–H and O–H groups in total. The van der Waals surface area contributed by atoms with E-state index in [1.165, 1.54) is 11.3 Å². The number of aliphatic hydroxyl groups excluding tert-OH is 1. The molecule has 0 aliphatic heterocycles. The van der Waals surface area contributed by atoms with Crippen molar-refractivity contribution in [2.75, 3.05) is 19.3 Å². The first-order valence-electron chi connectivity index (χ1n) is 5.54. The number of aromatic nitrogens is 1. The summed E-state index contributed by atoms with van der Waals surface area (Å²) < 4.78 is 0. The van der Waals surface area contributed by atoms with Gasteiger partial charge in [0.2, 0.25) is 0 Å². The number of thioether (sulfide) groups is 1. The Hall–Kier alpha value is -1.32. The molecule has 0 unspecified atom stereocenters. The van der Waals surface area contributed by atoms with Crippen LogP contribution in [0.2, 0.25) is 0 Å². The normalized spacial score (nSPS) is 11.4. The van der Waals surface area contributed by atoms with Crippen molar-refractivity contribution in [3.05, 3.63) is 38.2 Å². The van der Waals surface area contributed by atoms with E-state index in [1.807, 2.05) is 5.38 Å². The van der Waals surface area contributed by atoms with Gasteiger partial charge < -0.3 is 15.7 Å². The fraction of sp³-hybridized carbons (Fsp3) is 0.500. The number of nitrogens with one attached hydrogen (secondary N) is 2. The number of nitro groups is 1. The summed E-state index contributed by atoms with van der Waals surface area (Å²) in [6, 6.07) is 0. The van der Waals surface area contributed by atoms with Crippen molar-refractivity contribution in [1.29, 1.82) is 0 Å². The van der Waals surface area contributed by atoms with Crippen LogP contribution >= 0.6 is 23.1 Å². The molecule has 0 saturated heterocycles. The first-order chi connectivity index (χ1) is 9.15. The Bertz CT molecular complexity index is 436. The Balaban J connectivity index is 2.18. The van der Waals surface area contributed by atoms with E-state index in [2.05, 4.69) is 15.6 Å². The molecule has 106 valence electrons. The molecule has 0 saturated carbocycles. The molecule has 0 radical (unpaired) electrons. The molecule has 7 nitrogen and oxygen atoms in total. The number of thiazole rings is 1. The van der Waals surface area contributed by atoms with Gasteiger partial charge in [-0.05, 0) is 0 Å². The van der Waals surface area contributed by atoms with Crippen molar-refractivity contribution in [3.63, 3.8) is 0 Å². The molecular weight excluding hydrogens is 288 g/mol. The summed E-state index contributed by atoms with van der Waals surface area (Å²) in [7, 11) is 1.63. The predicted octanol–water partition coefficient (Wildman–Crippen LogP) is 0.753. The van der Waals surface area contributed by atoms with Crippen molar-refractivity contribution < 1.29 is 10.0 Å². The molecule has 0 fully saturated rings. The first kappa shape index (κ1) is 15.7. The molecule has 9 heteroatoms. The number of nitrogens with zero attached hydrogens (tertiary/aromatic N) is 2. The van der Waals surface area contributed by atoms with Crippen molar-refractivity contribution in [2.24, 2.45) is 0 Å².